The highest BCUT2D eigenvalue weighted by Crippen LogP contribution is 2.27. The van der Waals surface area contributed by atoms with E-state index >= 15 is 0 Å². The third kappa shape index (κ3) is 3.28. The summed E-state index contributed by atoms with van der Waals surface area (Å²) in [7, 11) is 0. The van der Waals surface area contributed by atoms with Gasteiger partial charge in [-0.2, -0.15) is 4.98 Å². The minimum absolute atomic E-state index is 0.441. The Kier molecular flexibility index (Phi) is 4.11. The number of anilines is 1. The zero-order valence-corrected chi connectivity index (χ0v) is 14.2. The van der Waals surface area contributed by atoms with E-state index in [9.17, 15) is 0 Å². The van der Waals surface area contributed by atoms with Crippen LogP contribution in [0.5, 0.6) is 11.5 Å². The summed E-state index contributed by atoms with van der Waals surface area (Å²) in [5.74, 6) is 2.50. The predicted molar refractivity (Wildman–Crippen MR) is 101 cm³/mol. The second kappa shape index (κ2) is 6.72. The van der Waals surface area contributed by atoms with E-state index in [2.05, 4.69) is 10.1 Å². The molecule has 0 radical (unpaired) electrons. The van der Waals surface area contributed by atoms with Gasteiger partial charge in [0.2, 0.25) is 5.82 Å². The molecule has 0 saturated carbocycles. The largest absolute Gasteiger partial charge is 0.457 e. The van der Waals surface area contributed by atoms with Crippen molar-refractivity contribution in [1.29, 1.82) is 0 Å². The summed E-state index contributed by atoms with van der Waals surface area (Å²) in [6, 6.07) is 22.9. The number of hydrogen-bond acceptors (Lipinski definition) is 5. The molecule has 0 spiro atoms. The molecule has 26 heavy (non-hydrogen) atoms. The van der Waals surface area contributed by atoms with E-state index in [0.717, 1.165) is 28.2 Å². The minimum atomic E-state index is 0.441. The van der Waals surface area contributed by atoms with Gasteiger partial charge < -0.3 is 15.0 Å². The molecule has 1 heterocycles. The van der Waals surface area contributed by atoms with Crippen molar-refractivity contribution in [2.45, 2.75) is 6.92 Å². The van der Waals surface area contributed by atoms with Crippen LogP contribution in [-0.4, -0.2) is 10.1 Å². The molecular weight excluding hydrogens is 326 g/mol. The molecule has 5 nitrogen and oxygen atoms in total. The molecule has 0 atom stereocenters. The van der Waals surface area contributed by atoms with Crippen LogP contribution in [0.3, 0.4) is 0 Å². The Balaban J connectivity index is 1.55. The lowest BCUT2D eigenvalue weighted by molar-refractivity contribution is 0.432. The Morgan fingerprint density at radius 2 is 1.54 bits per heavy atom. The lowest BCUT2D eigenvalue weighted by Gasteiger charge is -2.05. The number of benzene rings is 3. The topological polar surface area (TPSA) is 74.2 Å². The molecule has 1 aromatic heterocycles. The Labute approximate surface area is 151 Å². The molecule has 0 aliphatic heterocycles. The molecule has 0 aliphatic carbocycles. The van der Waals surface area contributed by atoms with Crippen molar-refractivity contribution < 1.29 is 9.26 Å². The highest BCUT2D eigenvalue weighted by Gasteiger charge is 2.11. The number of aromatic nitrogens is 2. The molecule has 0 amide bonds. The number of nitrogens with zero attached hydrogens (tertiary/aromatic N) is 2. The molecule has 0 unspecified atom stereocenters. The van der Waals surface area contributed by atoms with Gasteiger partial charge in [0.1, 0.15) is 11.5 Å². The van der Waals surface area contributed by atoms with Crippen LogP contribution in [0, 0.1) is 6.92 Å². The smallest absolute Gasteiger partial charge is 0.258 e. The van der Waals surface area contributed by atoms with E-state index in [1.54, 1.807) is 0 Å². The summed E-state index contributed by atoms with van der Waals surface area (Å²) in [6.45, 7) is 1.96. The summed E-state index contributed by atoms with van der Waals surface area (Å²) in [5.41, 5.74) is 9.32. The van der Waals surface area contributed by atoms with Gasteiger partial charge in [-0.25, -0.2) is 0 Å². The fourth-order valence-corrected chi connectivity index (χ4v) is 2.53. The average Bonchev–Trinajstić information content (AvgIpc) is 3.16. The monoisotopic (exact) mass is 343 g/mol. The molecule has 4 rings (SSSR count). The van der Waals surface area contributed by atoms with Gasteiger partial charge in [0.25, 0.3) is 5.89 Å². The van der Waals surface area contributed by atoms with E-state index in [0.29, 0.717) is 17.4 Å². The summed E-state index contributed by atoms with van der Waals surface area (Å²) < 4.78 is 11.2. The van der Waals surface area contributed by atoms with Gasteiger partial charge in [-0.15, -0.1) is 0 Å². The van der Waals surface area contributed by atoms with Gasteiger partial charge in [-0.05, 0) is 61.0 Å². The molecule has 128 valence electrons. The molecule has 0 aliphatic rings. The summed E-state index contributed by atoms with van der Waals surface area (Å²) in [5, 5.41) is 4.06. The van der Waals surface area contributed by atoms with Crippen LogP contribution in [0.25, 0.3) is 22.8 Å². The average molecular weight is 343 g/mol. The fourth-order valence-electron chi connectivity index (χ4n) is 2.53. The SMILES string of the molecule is Cc1ccc(-c2nc(-c3ccc(Oc4ccccc4)cc3)no2)cc1N. The Hall–Kier alpha value is -3.60. The standard InChI is InChI=1S/C21H17N3O2/c1-14-7-8-16(13-19(14)22)21-23-20(24-26-21)15-9-11-18(12-10-15)25-17-5-3-2-4-6-17/h2-13H,22H2,1H3. The van der Waals surface area contributed by atoms with Crippen molar-refractivity contribution in [2.75, 3.05) is 5.73 Å². The first kappa shape index (κ1) is 15.9. The number of para-hydroxylation sites is 1. The molecule has 0 saturated heterocycles. The quantitative estimate of drug-likeness (QED) is 0.523. The van der Waals surface area contributed by atoms with Crippen molar-refractivity contribution in [3.05, 3.63) is 78.4 Å². The number of nitrogens with two attached hydrogens (primary N) is 1. The van der Waals surface area contributed by atoms with E-state index < -0.39 is 0 Å². The second-order valence-electron chi connectivity index (χ2n) is 5.93. The highest BCUT2D eigenvalue weighted by molar-refractivity contribution is 5.65. The van der Waals surface area contributed by atoms with Gasteiger partial charge in [-0.1, -0.05) is 29.4 Å². The van der Waals surface area contributed by atoms with E-state index in [1.165, 1.54) is 0 Å². The first-order valence-corrected chi connectivity index (χ1v) is 8.22. The van der Waals surface area contributed by atoms with Gasteiger partial charge in [0, 0.05) is 16.8 Å². The third-order valence-electron chi connectivity index (χ3n) is 4.04. The van der Waals surface area contributed by atoms with Crippen LogP contribution in [0.15, 0.2) is 77.3 Å². The number of hydrogen-bond donors (Lipinski definition) is 1. The van der Waals surface area contributed by atoms with Crippen LogP contribution in [-0.2, 0) is 0 Å². The summed E-state index contributed by atoms with van der Waals surface area (Å²) >= 11 is 0. The fraction of sp³-hybridized carbons (Fsp3) is 0.0476. The number of ether oxygens (including phenoxy) is 1. The minimum Gasteiger partial charge on any atom is -0.457 e. The highest BCUT2D eigenvalue weighted by atomic mass is 16.5. The molecule has 3 aromatic carbocycles. The third-order valence-corrected chi connectivity index (χ3v) is 4.04. The van der Waals surface area contributed by atoms with Crippen LogP contribution >= 0.6 is 0 Å². The Morgan fingerprint density at radius 1 is 0.846 bits per heavy atom. The molecular formula is C21H17N3O2. The van der Waals surface area contributed by atoms with Gasteiger partial charge >= 0.3 is 0 Å². The van der Waals surface area contributed by atoms with Crippen LogP contribution in [0.1, 0.15) is 5.56 Å². The molecule has 2 N–H and O–H groups in total. The number of nitrogen functional groups attached to an aromatic ring is 1. The first-order valence-electron chi connectivity index (χ1n) is 8.22. The maximum atomic E-state index is 5.95. The van der Waals surface area contributed by atoms with Crippen LogP contribution in [0.2, 0.25) is 0 Å². The van der Waals surface area contributed by atoms with E-state index in [-0.39, 0.29) is 0 Å². The number of aryl methyl sites for hydroxylation is 1. The zero-order chi connectivity index (χ0) is 17.9. The van der Waals surface area contributed by atoms with Crippen molar-refractivity contribution >= 4 is 5.69 Å². The van der Waals surface area contributed by atoms with Crippen molar-refractivity contribution in [3.8, 4) is 34.3 Å². The Morgan fingerprint density at radius 3 is 2.27 bits per heavy atom. The maximum absolute atomic E-state index is 5.95. The van der Waals surface area contributed by atoms with Crippen molar-refractivity contribution in [1.82, 2.24) is 10.1 Å². The van der Waals surface area contributed by atoms with Gasteiger partial charge in [-0.3, -0.25) is 0 Å². The first-order chi connectivity index (χ1) is 12.7. The summed E-state index contributed by atoms with van der Waals surface area (Å²) in [4.78, 5) is 4.46. The second-order valence-corrected chi connectivity index (χ2v) is 5.93. The lowest BCUT2D eigenvalue weighted by Crippen LogP contribution is -1.90. The van der Waals surface area contributed by atoms with E-state index in [1.807, 2.05) is 79.7 Å². The molecule has 0 fully saturated rings. The molecule has 4 aromatic rings. The Bertz CT molecular complexity index is 1020. The normalized spacial score (nSPS) is 10.7. The summed E-state index contributed by atoms with van der Waals surface area (Å²) in [6.07, 6.45) is 0. The van der Waals surface area contributed by atoms with E-state index in [4.69, 9.17) is 15.0 Å². The predicted octanol–water partition coefficient (Wildman–Crippen LogP) is 5.09. The maximum Gasteiger partial charge on any atom is 0.258 e. The van der Waals surface area contributed by atoms with Gasteiger partial charge in [0.15, 0.2) is 0 Å². The number of rotatable bonds is 4. The van der Waals surface area contributed by atoms with Crippen molar-refractivity contribution in [3.63, 3.8) is 0 Å². The lowest BCUT2D eigenvalue weighted by atomic mass is 10.1. The van der Waals surface area contributed by atoms with Crippen LogP contribution in [0.4, 0.5) is 5.69 Å². The zero-order valence-electron chi connectivity index (χ0n) is 14.2. The van der Waals surface area contributed by atoms with Crippen LogP contribution < -0.4 is 10.5 Å². The van der Waals surface area contributed by atoms with Crippen molar-refractivity contribution in [2.24, 2.45) is 0 Å². The molecule has 5 heteroatoms. The van der Waals surface area contributed by atoms with Gasteiger partial charge in [0.05, 0.1) is 0 Å². The molecule has 0 bridgehead atoms.